The molecule has 3 heteroatoms. The van der Waals surface area contributed by atoms with Crippen LogP contribution in [0.2, 0.25) is 0 Å². The van der Waals surface area contributed by atoms with E-state index in [1.807, 2.05) is 6.92 Å². The van der Waals surface area contributed by atoms with Crippen LogP contribution in [-0.2, 0) is 20.4 Å². The summed E-state index contributed by atoms with van der Waals surface area (Å²) >= 11 is 0. The Morgan fingerprint density at radius 3 is 2.11 bits per heavy atom. The maximum absolute atomic E-state index is 13.6. The molecule has 1 aliphatic carbocycles. The maximum atomic E-state index is 13.6. The Bertz CT molecular complexity index is 879. The molecule has 1 heterocycles. The van der Waals surface area contributed by atoms with Crippen molar-refractivity contribution in [1.82, 2.24) is 0 Å². The molecule has 0 spiro atoms. The lowest BCUT2D eigenvalue weighted by Crippen LogP contribution is -2.37. The van der Waals surface area contributed by atoms with Gasteiger partial charge in [0.25, 0.3) is 0 Å². The molecule has 1 aromatic carbocycles. The third-order valence-electron chi connectivity index (χ3n) is 6.76. The molecule has 1 fully saturated rings. The minimum atomic E-state index is -0.631. The van der Waals surface area contributed by atoms with Gasteiger partial charge in [-0.25, -0.2) is 4.90 Å². The highest BCUT2D eigenvalue weighted by Gasteiger charge is 2.58. The zero-order chi connectivity index (χ0) is 21.2. The SMILES string of the molecule is CC1=C(C)CC2(C)C(=O)N(c3cc(C(C)(C)C)ccc3C(C)(C)C)C(=O)C2C1. The highest BCUT2D eigenvalue weighted by molar-refractivity contribution is 6.24. The Kier molecular flexibility index (Phi) is 4.69. The molecule has 152 valence electrons. The highest BCUT2D eigenvalue weighted by Crippen LogP contribution is 2.52. The van der Waals surface area contributed by atoms with Gasteiger partial charge in [0, 0.05) is 0 Å². The normalized spacial score (nSPS) is 26.2. The van der Waals surface area contributed by atoms with Gasteiger partial charge in [0.1, 0.15) is 0 Å². The van der Waals surface area contributed by atoms with Gasteiger partial charge in [-0.05, 0) is 61.6 Å². The molecular weight excluding hydrogens is 346 g/mol. The number of carbonyl (C=O) groups is 2. The Morgan fingerprint density at radius 2 is 1.57 bits per heavy atom. The first kappa shape index (κ1) is 20.8. The van der Waals surface area contributed by atoms with Crippen LogP contribution >= 0.6 is 0 Å². The Balaban J connectivity index is 2.19. The fraction of sp³-hybridized carbons (Fsp3) is 0.600. The number of anilines is 1. The van der Waals surface area contributed by atoms with Gasteiger partial charge in [-0.1, -0.05) is 64.8 Å². The van der Waals surface area contributed by atoms with Crippen molar-refractivity contribution in [3.8, 4) is 0 Å². The summed E-state index contributed by atoms with van der Waals surface area (Å²) in [7, 11) is 0. The Hall–Kier alpha value is -1.90. The third kappa shape index (κ3) is 3.13. The van der Waals surface area contributed by atoms with Crippen LogP contribution in [0.1, 0.15) is 86.3 Å². The third-order valence-corrected chi connectivity index (χ3v) is 6.76. The van der Waals surface area contributed by atoms with Crippen molar-refractivity contribution in [2.24, 2.45) is 11.3 Å². The summed E-state index contributed by atoms with van der Waals surface area (Å²) in [4.78, 5) is 28.7. The van der Waals surface area contributed by atoms with Crippen molar-refractivity contribution in [3.63, 3.8) is 0 Å². The van der Waals surface area contributed by atoms with Gasteiger partial charge in [-0.2, -0.15) is 0 Å². The van der Waals surface area contributed by atoms with Crippen molar-refractivity contribution in [1.29, 1.82) is 0 Å². The number of carbonyl (C=O) groups excluding carboxylic acids is 2. The van der Waals surface area contributed by atoms with Crippen LogP contribution in [0.5, 0.6) is 0 Å². The van der Waals surface area contributed by atoms with Crippen LogP contribution in [0, 0.1) is 11.3 Å². The molecule has 2 unspecified atom stereocenters. The van der Waals surface area contributed by atoms with Crippen molar-refractivity contribution in [2.45, 2.75) is 86.0 Å². The smallest absolute Gasteiger partial charge is 0.240 e. The highest BCUT2D eigenvalue weighted by atomic mass is 16.2. The van der Waals surface area contributed by atoms with E-state index in [2.05, 4.69) is 73.6 Å². The van der Waals surface area contributed by atoms with Crippen molar-refractivity contribution in [2.75, 3.05) is 4.90 Å². The molecule has 3 nitrogen and oxygen atoms in total. The molecular formula is C25H35NO2. The van der Waals surface area contributed by atoms with Gasteiger partial charge in [-0.3, -0.25) is 9.59 Å². The first-order valence-electron chi connectivity index (χ1n) is 10.4. The molecule has 1 aromatic rings. The second-order valence-electron chi connectivity index (χ2n) is 11.1. The van der Waals surface area contributed by atoms with E-state index in [1.165, 1.54) is 16.0 Å². The number of imide groups is 1. The van der Waals surface area contributed by atoms with Gasteiger partial charge in [0.15, 0.2) is 0 Å². The zero-order valence-electron chi connectivity index (χ0n) is 19.0. The van der Waals surface area contributed by atoms with E-state index >= 15 is 0 Å². The summed E-state index contributed by atoms with van der Waals surface area (Å²) in [5.41, 5.74) is 4.63. The number of hydrogen-bond acceptors (Lipinski definition) is 2. The number of hydrogen-bond donors (Lipinski definition) is 0. The summed E-state index contributed by atoms with van der Waals surface area (Å²) in [6, 6.07) is 6.32. The quantitative estimate of drug-likeness (QED) is 0.448. The van der Waals surface area contributed by atoms with Gasteiger partial charge in [0.2, 0.25) is 11.8 Å². The van der Waals surface area contributed by atoms with Crippen molar-refractivity contribution in [3.05, 3.63) is 40.5 Å². The number of benzene rings is 1. The lowest BCUT2D eigenvalue weighted by molar-refractivity contribution is -0.126. The lowest BCUT2D eigenvalue weighted by atomic mass is 9.67. The first-order chi connectivity index (χ1) is 12.7. The molecule has 28 heavy (non-hydrogen) atoms. The summed E-state index contributed by atoms with van der Waals surface area (Å²) in [5, 5.41) is 0. The predicted molar refractivity (Wildman–Crippen MR) is 116 cm³/mol. The largest absolute Gasteiger partial charge is 0.274 e. The molecule has 2 amide bonds. The van der Waals surface area contributed by atoms with Crippen molar-refractivity contribution >= 4 is 17.5 Å². The number of amides is 2. The average molecular weight is 382 g/mol. The number of nitrogens with zero attached hydrogens (tertiary/aromatic N) is 1. The van der Waals surface area contributed by atoms with Crippen LogP contribution in [0.3, 0.4) is 0 Å². The lowest BCUT2D eigenvalue weighted by Gasteiger charge is -2.33. The average Bonchev–Trinajstić information content (AvgIpc) is 2.73. The number of rotatable bonds is 1. The molecule has 0 saturated carbocycles. The second-order valence-corrected chi connectivity index (χ2v) is 11.1. The van der Waals surface area contributed by atoms with Gasteiger partial charge in [0.05, 0.1) is 17.0 Å². The topological polar surface area (TPSA) is 37.4 Å². The molecule has 2 aliphatic rings. The van der Waals surface area contributed by atoms with E-state index in [0.717, 1.165) is 16.8 Å². The van der Waals surface area contributed by atoms with Crippen LogP contribution in [0.25, 0.3) is 0 Å². The van der Waals surface area contributed by atoms with Crippen LogP contribution in [0.4, 0.5) is 5.69 Å². The van der Waals surface area contributed by atoms with E-state index in [9.17, 15) is 9.59 Å². The van der Waals surface area contributed by atoms with E-state index in [4.69, 9.17) is 0 Å². The minimum Gasteiger partial charge on any atom is -0.274 e. The van der Waals surface area contributed by atoms with Crippen molar-refractivity contribution < 1.29 is 9.59 Å². The van der Waals surface area contributed by atoms with E-state index < -0.39 is 5.41 Å². The number of fused-ring (bicyclic) bond motifs is 1. The maximum Gasteiger partial charge on any atom is 0.240 e. The minimum absolute atomic E-state index is 0.0316. The Labute approximate surface area is 170 Å². The molecule has 0 radical (unpaired) electrons. The van der Waals surface area contributed by atoms with E-state index in [1.54, 1.807) is 0 Å². The standard InChI is InChI=1S/C25H35NO2/c1-15-12-19-21(27)26(22(28)25(19,9)14-16(15)2)20-13-17(23(3,4)5)10-11-18(20)24(6,7)8/h10-11,13,19H,12,14H2,1-9H3. The van der Waals surface area contributed by atoms with Crippen LogP contribution in [-0.4, -0.2) is 11.8 Å². The molecule has 1 aliphatic heterocycles. The van der Waals surface area contributed by atoms with Gasteiger partial charge < -0.3 is 0 Å². The summed E-state index contributed by atoms with van der Waals surface area (Å²) in [5.74, 6) is -0.323. The van der Waals surface area contributed by atoms with Crippen LogP contribution < -0.4 is 4.90 Å². The van der Waals surface area contributed by atoms with Gasteiger partial charge in [-0.15, -0.1) is 0 Å². The molecule has 0 aromatic heterocycles. The van der Waals surface area contributed by atoms with E-state index in [-0.39, 0.29) is 28.6 Å². The molecule has 0 bridgehead atoms. The van der Waals surface area contributed by atoms with Gasteiger partial charge >= 0.3 is 0 Å². The van der Waals surface area contributed by atoms with E-state index in [0.29, 0.717) is 12.8 Å². The molecule has 1 saturated heterocycles. The fourth-order valence-electron chi connectivity index (χ4n) is 4.67. The Morgan fingerprint density at radius 1 is 0.964 bits per heavy atom. The second kappa shape index (κ2) is 6.30. The molecule has 2 atom stereocenters. The summed E-state index contributed by atoms with van der Waals surface area (Å²) in [6.07, 6.45) is 1.36. The number of allylic oxidation sites excluding steroid dienone is 2. The first-order valence-corrected chi connectivity index (χ1v) is 10.4. The zero-order valence-corrected chi connectivity index (χ0v) is 19.0. The predicted octanol–water partition coefficient (Wildman–Crippen LogP) is 5.91. The fourth-order valence-corrected chi connectivity index (χ4v) is 4.67. The van der Waals surface area contributed by atoms with Crippen LogP contribution in [0.15, 0.2) is 29.3 Å². The summed E-state index contributed by atoms with van der Waals surface area (Å²) in [6.45, 7) is 19.1. The molecule has 0 N–H and O–H groups in total. The summed E-state index contributed by atoms with van der Waals surface area (Å²) < 4.78 is 0. The molecule has 3 rings (SSSR count). The monoisotopic (exact) mass is 381 g/mol.